The van der Waals surface area contributed by atoms with Crippen molar-refractivity contribution in [3.63, 3.8) is 0 Å². The van der Waals surface area contributed by atoms with Gasteiger partial charge in [0, 0.05) is 6.42 Å². The van der Waals surface area contributed by atoms with Crippen molar-refractivity contribution >= 4 is 5.97 Å². The monoisotopic (exact) mass is 262 g/mol. The molecule has 0 spiro atoms. The number of aliphatic hydroxyl groups is 2. The number of esters is 1. The number of ether oxygens (including phenoxy) is 2. The maximum absolute atomic E-state index is 11.0. The molecule has 0 aliphatic rings. The van der Waals surface area contributed by atoms with Gasteiger partial charge in [0.15, 0.2) is 6.79 Å². The standard InChI is InChI=1S/C13H26O5/c1-6-10(14)17-7-18-13(11(15)8(2)3)12(16)9(4)5/h8-9,11-13,15-16H,6-7H2,1-5H3. The molecule has 0 aromatic heterocycles. The molecule has 0 aromatic carbocycles. The van der Waals surface area contributed by atoms with Gasteiger partial charge in [0.05, 0.1) is 12.2 Å². The van der Waals surface area contributed by atoms with Crippen LogP contribution in [-0.4, -0.2) is 41.3 Å². The number of carbonyl (C=O) groups is 1. The van der Waals surface area contributed by atoms with Gasteiger partial charge in [-0.05, 0) is 11.8 Å². The summed E-state index contributed by atoms with van der Waals surface area (Å²) >= 11 is 0. The van der Waals surface area contributed by atoms with Crippen molar-refractivity contribution in [1.29, 1.82) is 0 Å². The minimum atomic E-state index is -0.803. The average molecular weight is 262 g/mol. The Hall–Kier alpha value is -0.650. The zero-order valence-corrected chi connectivity index (χ0v) is 11.9. The van der Waals surface area contributed by atoms with Crippen molar-refractivity contribution < 1.29 is 24.5 Å². The fourth-order valence-corrected chi connectivity index (χ4v) is 1.44. The smallest absolute Gasteiger partial charge is 0.307 e. The summed E-state index contributed by atoms with van der Waals surface area (Å²) in [6, 6.07) is 0. The van der Waals surface area contributed by atoms with Crippen molar-refractivity contribution in [2.75, 3.05) is 6.79 Å². The van der Waals surface area contributed by atoms with Gasteiger partial charge in [0.25, 0.3) is 0 Å². The van der Waals surface area contributed by atoms with E-state index in [4.69, 9.17) is 9.47 Å². The maximum atomic E-state index is 11.0. The van der Waals surface area contributed by atoms with E-state index < -0.39 is 18.3 Å². The molecule has 0 aromatic rings. The van der Waals surface area contributed by atoms with Crippen LogP contribution in [0.5, 0.6) is 0 Å². The zero-order valence-electron chi connectivity index (χ0n) is 11.9. The van der Waals surface area contributed by atoms with Crippen LogP contribution in [0.4, 0.5) is 0 Å². The highest BCUT2D eigenvalue weighted by Crippen LogP contribution is 2.18. The lowest BCUT2D eigenvalue weighted by Crippen LogP contribution is -2.45. The van der Waals surface area contributed by atoms with Crippen LogP contribution in [0.25, 0.3) is 0 Å². The van der Waals surface area contributed by atoms with E-state index in [9.17, 15) is 15.0 Å². The van der Waals surface area contributed by atoms with E-state index in [0.717, 1.165) is 0 Å². The molecule has 0 aliphatic carbocycles. The molecule has 0 rings (SSSR count). The SMILES string of the molecule is CCC(=O)OCOC(C(O)C(C)C)C(O)C(C)C. The summed E-state index contributed by atoms with van der Waals surface area (Å²) in [6.45, 7) is 8.80. The Kier molecular flexibility index (Phi) is 8.15. The van der Waals surface area contributed by atoms with E-state index in [1.807, 2.05) is 27.7 Å². The molecule has 2 atom stereocenters. The van der Waals surface area contributed by atoms with Gasteiger partial charge in [-0.1, -0.05) is 34.6 Å². The van der Waals surface area contributed by atoms with Crippen LogP contribution in [0, 0.1) is 11.8 Å². The summed E-state index contributed by atoms with van der Waals surface area (Å²) in [5.74, 6) is -0.470. The molecule has 0 heterocycles. The predicted molar refractivity (Wildman–Crippen MR) is 67.8 cm³/mol. The number of hydrogen-bond acceptors (Lipinski definition) is 5. The third-order valence-electron chi connectivity index (χ3n) is 2.81. The van der Waals surface area contributed by atoms with Gasteiger partial charge in [0.1, 0.15) is 6.10 Å². The third kappa shape index (κ3) is 5.80. The molecule has 0 aliphatic heterocycles. The molecular formula is C13H26O5. The third-order valence-corrected chi connectivity index (χ3v) is 2.81. The number of hydrogen-bond donors (Lipinski definition) is 2. The Morgan fingerprint density at radius 3 is 1.83 bits per heavy atom. The van der Waals surface area contributed by atoms with Gasteiger partial charge >= 0.3 is 5.97 Å². The Morgan fingerprint density at radius 1 is 1.06 bits per heavy atom. The fourth-order valence-electron chi connectivity index (χ4n) is 1.44. The minimum absolute atomic E-state index is 0.0507. The Morgan fingerprint density at radius 2 is 1.50 bits per heavy atom. The van der Waals surface area contributed by atoms with E-state index in [-0.39, 0.29) is 31.0 Å². The van der Waals surface area contributed by atoms with Crippen molar-refractivity contribution in [3.8, 4) is 0 Å². The second-order valence-corrected chi connectivity index (χ2v) is 5.09. The average Bonchev–Trinajstić information content (AvgIpc) is 2.32. The Labute approximate surface area is 109 Å². The molecule has 2 N–H and O–H groups in total. The summed E-state index contributed by atoms with van der Waals surface area (Å²) in [5.41, 5.74) is 0. The van der Waals surface area contributed by atoms with Gasteiger partial charge < -0.3 is 19.7 Å². The quantitative estimate of drug-likeness (QED) is 0.509. The van der Waals surface area contributed by atoms with Gasteiger partial charge in [-0.3, -0.25) is 4.79 Å². The predicted octanol–water partition coefficient (Wildman–Crippen LogP) is 1.32. The summed E-state index contributed by atoms with van der Waals surface area (Å²) < 4.78 is 10.1. The normalized spacial score (nSPS) is 16.7. The molecule has 0 radical (unpaired) electrons. The summed E-state index contributed by atoms with van der Waals surface area (Å²) in [4.78, 5) is 11.0. The highest BCUT2D eigenvalue weighted by molar-refractivity contribution is 5.68. The highest BCUT2D eigenvalue weighted by atomic mass is 16.7. The first kappa shape index (κ1) is 17.4. The van der Waals surface area contributed by atoms with Gasteiger partial charge in [0.2, 0.25) is 0 Å². The number of rotatable bonds is 8. The minimum Gasteiger partial charge on any atom is -0.438 e. The van der Waals surface area contributed by atoms with Gasteiger partial charge in [-0.15, -0.1) is 0 Å². The van der Waals surface area contributed by atoms with Crippen molar-refractivity contribution in [2.24, 2.45) is 11.8 Å². The lowest BCUT2D eigenvalue weighted by molar-refractivity contribution is -0.186. The lowest BCUT2D eigenvalue weighted by Gasteiger charge is -2.31. The van der Waals surface area contributed by atoms with E-state index in [0.29, 0.717) is 0 Å². The van der Waals surface area contributed by atoms with Gasteiger partial charge in [-0.2, -0.15) is 0 Å². The summed E-state index contributed by atoms with van der Waals surface area (Å²) in [7, 11) is 0. The van der Waals surface area contributed by atoms with Crippen molar-refractivity contribution in [2.45, 2.75) is 59.4 Å². The topological polar surface area (TPSA) is 76.0 Å². The van der Waals surface area contributed by atoms with E-state index in [1.165, 1.54) is 0 Å². The molecule has 0 saturated heterocycles. The largest absolute Gasteiger partial charge is 0.438 e. The van der Waals surface area contributed by atoms with Gasteiger partial charge in [-0.25, -0.2) is 0 Å². The van der Waals surface area contributed by atoms with Crippen molar-refractivity contribution in [1.82, 2.24) is 0 Å². The molecule has 0 bridgehead atoms. The fraction of sp³-hybridized carbons (Fsp3) is 0.923. The second kappa shape index (κ2) is 8.45. The van der Waals surface area contributed by atoms with Crippen LogP contribution < -0.4 is 0 Å². The summed E-state index contributed by atoms with van der Waals surface area (Å²) in [5, 5.41) is 20.0. The second-order valence-electron chi connectivity index (χ2n) is 5.09. The molecular weight excluding hydrogens is 236 g/mol. The maximum Gasteiger partial charge on any atom is 0.307 e. The van der Waals surface area contributed by atoms with Crippen LogP contribution in [-0.2, 0) is 14.3 Å². The van der Waals surface area contributed by atoms with Crippen LogP contribution in [0.15, 0.2) is 0 Å². The zero-order chi connectivity index (χ0) is 14.3. The molecule has 0 amide bonds. The van der Waals surface area contributed by atoms with E-state index in [2.05, 4.69) is 0 Å². The van der Waals surface area contributed by atoms with E-state index in [1.54, 1.807) is 6.92 Å². The molecule has 2 unspecified atom stereocenters. The molecule has 5 heteroatoms. The number of carbonyl (C=O) groups excluding carboxylic acids is 1. The highest BCUT2D eigenvalue weighted by Gasteiger charge is 2.32. The lowest BCUT2D eigenvalue weighted by atomic mass is 9.92. The molecule has 108 valence electrons. The van der Waals surface area contributed by atoms with Crippen LogP contribution in [0.1, 0.15) is 41.0 Å². The Bertz CT molecular complexity index is 226. The summed E-state index contributed by atoms with van der Waals surface area (Å²) in [6.07, 6.45) is -2.09. The van der Waals surface area contributed by atoms with Crippen LogP contribution in [0.2, 0.25) is 0 Å². The van der Waals surface area contributed by atoms with Crippen LogP contribution >= 0.6 is 0 Å². The van der Waals surface area contributed by atoms with Crippen molar-refractivity contribution in [3.05, 3.63) is 0 Å². The molecule has 0 saturated carbocycles. The first-order valence-electron chi connectivity index (χ1n) is 6.44. The molecule has 18 heavy (non-hydrogen) atoms. The van der Waals surface area contributed by atoms with Crippen LogP contribution in [0.3, 0.4) is 0 Å². The molecule has 5 nitrogen and oxygen atoms in total. The first-order chi connectivity index (χ1) is 8.31. The van der Waals surface area contributed by atoms with E-state index >= 15 is 0 Å². The Balaban J connectivity index is 4.43. The first-order valence-corrected chi connectivity index (χ1v) is 6.44. The molecule has 0 fully saturated rings. The number of aliphatic hydroxyl groups excluding tert-OH is 2.